The van der Waals surface area contributed by atoms with Crippen molar-refractivity contribution >= 4 is 5.91 Å². The number of amides is 1. The van der Waals surface area contributed by atoms with Crippen LogP contribution in [0.25, 0.3) is 0 Å². The summed E-state index contributed by atoms with van der Waals surface area (Å²) in [7, 11) is 0. The zero-order valence-corrected chi connectivity index (χ0v) is 5.47. The van der Waals surface area contributed by atoms with Gasteiger partial charge in [-0.2, -0.15) is 0 Å². The molecule has 1 rings (SSSR count). The molecule has 0 spiro atoms. The fourth-order valence-corrected chi connectivity index (χ4v) is 1.41. The molecule has 1 amide bonds. The molecule has 0 saturated heterocycles. The molecule has 1 aliphatic carbocycles. The maximum absolute atomic E-state index is 10.6. The third kappa shape index (κ3) is 1.21. The van der Waals surface area contributed by atoms with Gasteiger partial charge in [0.05, 0.1) is 12.0 Å². The van der Waals surface area contributed by atoms with Crippen molar-refractivity contribution in [1.82, 2.24) is 0 Å². The molecule has 0 heterocycles. The number of hydrogen-bond acceptors (Lipinski definition) is 1. The molecule has 1 aliphatic rings. The lowest BCUT2D eigenvalue weighted by molar-refractivity contribution is -0.424. The molecular formula is C6H13N2O+. The van der Waals surface area contributed by atoms with Gasteiger partial charge in [0.25, 0.3) is 0 Å². The van der Waals surface area contributed by atoms with Gasteiger partial charge in [-0.1, -0.05) is 0 Å². The van der Waals surface area contributed by atoms with Gasteiger partial charge in [0.15, 0.2) is 0 Å². The van der Waals surface area contributed by atoms with Gasteiger partial charge in [0.1, 0.15) is 0 Å². The van der Waals surface area contributed by atoms with Crippen LogP contribution in [0.1, 0.15) is 19.3 Å². The van der Waals surface area contributed by atoms with E-state index in [0.29, 0.717) is 0 Å². The highest BCUT2D eigenvalue weighted by Crippen LogP contribution is 2.21. The van der Waals surface area contributed by atoms with Crippen molar-refractivity contribution in [2.24, 2.45) is 11.7 Å². The van der Waals surface area contributed by atoms with Gasteiger partial charge in [-0.3, -0.25) is 4.79 Å². The lowest BCUT2D eigenvalue weighted by Gasteiger charge is -2.05. The lowest BCUT2D eigenvalue weighted by atomic mass is 10.0. The van der Waals surface area contributed by atoms with Crippen molar-refractivity contribution in [3.63, 3.8) is 0 Å². The van der Waals surface area contributed by atoms with E-state index in [1.165, 1.54) is 0 Å². The van der Waals surface area contributed by atoms with E-state index >= 15 is 0 Å². The summed E-state index contributed by atoms with van der Waals surface area (Å²) in [5, 5.41) is 0. The van der Waals surface area contributed by atoms with Crippen molar-refractivity contribution in [2.75, 3.05) is 0 Å². The number of carbonyl (C=O) groups excluding carboxylic acids is 1. The van der Waals surface area contributed by atoms with Crippen LogP contribution in [0.4, 0.5) is 0 Å². The molecule has 0 aromatic rings. The van der Waals surface area contributed by atoms with E-state index in [-0.39, 0.29) is 17.9 Å². The van der Waals surface area contributed by atoms with Gasteiger partial charge in [0.2, 0.25) is 5.91 Å². The third-order valence-corrected chi connectivity index (χ3v) is 2.02. The highest BCUT2D eigenvalue weighted by Gasteiger charge is 2.31. The van der Waals surface area contributed by atoms with E-state index in [4.69, 9.17) is 5.73 Å². The first-order chi connectivity index (χ1) is 4.22. The number of quaternary nitrogens is 1. The predicted octanol–water partition coefficient (Wildman–Crippen LogP) is -1.12. The molecule has 2 atom stereocenters. The normalized spacial score (nSPS) is 34.8. The molecule has 0 unspecified atom stereocenters. The Morgan fingerprint density at radius 1 is 1.56 bits per heavy atom. The van der Waals surface area contributed by atoms with E-state index in [2.05, 4.69) is 5.73 Å². The average molecular weight is 129 g/mol. The van der Waals surface area contributed by atoms with E-state index in [0.717, 1.165) is 19.3 Å². The highest BCUT2D eigenvalue weighted by molar-refractivity contribution is 5.77. The highest BCUT2D eigenvalue weighted by atomic mass is 16.1. The number of carbonyl (C=O) groups is 1. The summed E-state index contributed by atoms with van der Waals surface area (Å²) in [5.74, 6) is -0.113. The Hall–Kier alpha value is -0.570. The molecule has 52 valence electrons. The van der Waals surface area contributed by atoms with Crippen molar-refractivity contribution in [1.29, 1.82) is 0 Å². The topological polar surface area (TPSA) is 70.7 Å². The van der Waals surface area contributed by atoms with Gasteiger partial charge >= 0.3 is 0 Å². The van der Waals surface area contributed by atoms with Crippen LogP contribution in [0.2, 0.25) is 0 Å². The fourth-order valence-electron chi connectivity index (χ4n) is 1.41. The minimum Gasteiger partial charge on any atom is -0.369 e. The SMILES string of the molecule is NC(=O)[C@@H]1CCC[C@@H]1[NH3+]. The van der Waals surface area contributed by atoms with Crippen LogP contribution < -0.4 is 11.5 Å². The molecule has 0 aromatic carbocycles. The van der Waals surface area contributed by atoms with Crippen LogP contribution in [0.3, 0.4) is 0 Å². The van der Waals surface area contributed by atoms with Crippen LogP contribution in [-0.2, 0) is 4.79 Å². The first-order valence-electron chi connectivity index (χ1n) is 3.34. The van der Waals surface area contributed by atoms with E-state index in [1.807, 2.05) is 0 Å². The molecule has 5 N–H and O–H groups in total. The summed E-state index contributed by atoms with van der Waals surface area (Å²) in [6.45, 7) is 0. The van der Waals surface area contributed by atoms with Gasteiger partial charge in [-0.25, -0.2) is 0 Å². The van der Waals surface area contributed by atoms with Crippen molar-refractivity contribution in [3.8, 4) is 0 Å². The van der Waals surface area contributed by atoms with E-state index in [1.54, 1.807) is 0 Å². The summed E-state index contributed by atoms with van der Waals surface area (Å²) >= 11 is 0. The second-order valence-electron chi connectivity index (χ2n) is 2.70. The van der Waals surface area contributed by atoms with Crippen molar-refractivity contribution < 1.29 is 10.5 Å². The molecule has 3 nitrogen and oxygen atoms in total. The molecule has 0 radical (unpaired) electrons. The largest absolute Gasteiger partial charge is 0.369 e. The maximum Gasteiger partial charge on any atom is 0.226 e. The Morgan fingerprint density at radius 3 is 2.44 bits per heavy atom. The van der Waals surface area contributed by atoms with Crippen LogP contribution in [-0.4, -0.2) is 11.9 Å². The number of hydrogen-bond donors (Lipinski definition) is 2. The summed E-state index contributed by atoms with van der Waals surface area (Å²) < 4.78 is 0. The number of primary amides is 1. The second-order valence-corrected chi connectivity index (χ2v) is 2.70. The molecular weight excluding hydrogens is 116 g/mol. The monoisotopic (exact) mass is 129 g/mol. The zero-order valence-electron chi connectivity index (χ0n) is 5.47. The third-order valence-electron chi connectivity index (χ3n) is 2.02. The number of nitrogens with two attached hydrogens (primary N) is 1. The molecule has 0 aromatic heterocycles. The first-order valence-corrected chi connectivity index (χ1v) is 3.34. The van der Waals surface area contributed by atoms with Crippen LogP contribution in [0, 0.1) is 5.92 Å². The Balaban J connectivity index is 2.49. The second kappa shape index (κ2) is 2.35. The molecule has 1 saturated carbocycles. The van der Waals surface area contributed by atoms with E-state index in [9.17, 15) is 4.79 Å². The molecule has 1 fully saturated rings. The van der Waals surface area contributed by atoms with Crippen LogP contribution in [0.5, 0.6) is 0 Å². The summed E-state index contributed by atoms with van der Waals surface area (Å²) in [4.78, 5) is 10.6. The zero-order chi connectivity index (χ0) is 6.85. The van der Waals surface area contributed by atoms with Gasteiger partial charge in [0, 0.05) is 6.42 Å². The van der Waals surface area contributed by atoms with Crippen LogP contribution in [0.15, 0.2) is 0 Å². The Bertz CT molecular complexity index is 124. The fraction of sp³-hybridized carbons (Fsp3) is 0.833. The lowest BCUT2D eigenvalue weighted by Crippen LogP contribution is -2.64. The van der Waals surface area contributed by atoms with Gasteiger partial charge < -0.3 is 11.5 Å². The quantitative estimate of drug-likeness (QED) is 0.462. The van der Waals surface area contributed by atoms with Gasteiger partial charge in [-0.15, -0.1) is 0 Å². The first kappa shape index (κ1) is 6.55. The minimum atomic E-state index is -0.174. The molecule has 0 bridgehead atoms. The maximum atomic E-state index is 10.6. The average Bonchev–Trinajstić information content (AvgIpc) is 2.13. The Labute approximate surface area is 54.4 Å². The standard InChI is InChI=1S/C6H12N2O/c7-5-3-1-2-4(5)6(8)9/h4-5H,1-3,7H2,(H2,8,9)/p+1/t4-,5+/m1/s1. The number of rotatable bonds is 1. The molecule has 3 heteroatoms. The van der Waals surface area contributed by atoms with E-state index < -0.39 is 0 Å². The molecule has 9 heavy (non-hydrogen) atoms. The van der Waals surface area contributed by atoms with Crippen molar-refractivity contribution in [2.45, 2.75) is 25.3 Å². The predicted molar refractivity (Wildman–Crippen MR) is 33.2 cm³/mol. The Kier molecular flexibility index (Phi) is 1.71. The molecule has 0 aliphatic heterocycles. The summed E-state index contributed by atoms with van der Waals surface area (Å²) in [6, 6.07) is 0.280. The smallest absolute Gasteiger partial charge is 0.226 e. The van der Waals surface area contributed by atoms with Gasteiger partial charge in [-0.05, 0) is 12.8 Å². The van der Waals surface area contributed by atoms with Crippen molar-refractivity contribution in [3.05, 3.63) is 0 Å². The summed E-state index contributed by atoms with van der Waals surface area (Å²) in [6.07, 6.45) is 3.12. The Morgan fingerprint density at radius 2 is 2.22 bits per heavy atom. The minimum absolute atomic E-state index is 0.0602. The summed E-state index contributed by atoms with van der Waals surface area (Å²) in [5.41, 5.74) is 8.95. The van der Waals surface area contributed by atoms with Crippen LogP contribution >= 0.6 is 0 Å².